The molecule has 3 rings (SSSR count). The molecule has 0 aromatic heterocycles. The maximum absolute atomic E-state index is 13.7. The number of amides is 3. The smallest absolute Gasteiger partial charge is 0.321 e. The van der Waals surface area contributed by atoms with Gasteiger partial charge < -0.3 is 19.9 Å². The van der Waals surface area contributed by atoms with Gasteiger partial charge in [0.1, 0.15) is 5.82 Å². The number of urea groups is 1. The van der Waals surface area contributed by atoms with Crippen molar-refractivity contribution >= 4 is 17.6 Å². The van der Waals surface area contributed by atoms with Crippen LogP contribution in [0.5, 0.6) is 0 Å². The third-order valence-corrected chi connectivity index (χ3v) is 5.48. The molecule has 2 heterocycles. The van der Waals surface area contributed by atoms with Gasteiger partial charge in [-0.2, -0.15) is 0 Å². The standard InChI is InChI=1S/C20H29FN4O3/c1-15-3-4-17(13-19(15)21)22-20(27)24-6-5-18(14-24)25(16(2)26)8-7-23-9-11-28-12-10-23/h3-4,13,18H,5-12,14H2,1-2H3,(H,22,27). The van der Waals surface area contributed by atoms with E-state index < -0.39 is 0 Å². The third-order valence-electron chi connectivity index (χ3n) is 5.48. The number of anilines is 1. The Morgan fingerprint density at radius 3 is 2.71 bits per heavy atom. The van der Waals surface area contributed by atoms with Gasteiger partial charge in [-0.3, -0.25) is 9.69 Å². The zero-order valence-electron chi connectivity index (χ0n) is 16.6. The van der Waals surface area contributed by atoms with Crippen LogP contribution < -0.4 is 5.32 Å². The van der Waals surface area contributed by atoms with Crippen LogP contribution >= 0.6 is 0 Å². The van der Waals surface area contributed by atoms with E-state index >= 15 is 0 Å². The van der Waals surface area contributed by atoms with E-state index in [0.29, 0.717) is 30.9 Å². The summed E-state index contributed by atoms with van der Waals surface area (Å²) in [6.45, 7) is 9.03. The Kier molecular flexibility index (Phi) is 6.85. The van der Waals surface area contributed by atoms with Crippen LogP contribution in [0.1, 0.15) is 18.9 Å². The Morgan fingerprint density at radius 2 is 2.04 bits per heavy atom. The van der Waals surface area contributed by atoms with Crippen molar-refractivity contribution in [1.29, 1.82) is 0 Å². The van der Waals surface area contributed by atoms with Crippen molar-refractivity contribution in [2.75, 3.05) is 57.8 Å². The average Bonchev–Trinajstić information content (AvgIpc) is 3.15. The van der Waals surface area contributed by atoms with Crippen LogP contribution in [0.2, 0.25) is 0 Å². The molecule has 1 atom stereocenters. The van der Waals surface area contributed by atoms with Gasteiger partial charge in [-0.05, 0) is 31.0 Å². The molecule has 7 nitrogen and oxygen atoms in total. The molecule has 2 aliphatic heterocycles. The normalized spacial score (nSPS) is 20.2. The first-order valence-corrected chi connectivity index (χ1v) is 9.83. The lowest BCUT2D eigenvalue weighted by atomic mass is 10.2. The summed E-state index contributed by atoms with van der Waals surface area (Å²) in [4.78, 5) is 30.5. The van der Waals surface area contributed by atoms with Crippen molar-refractivity contribution in [2.24, 2.45) is 0 Å². The molecule has 0 radical (unpaired) electrons. The van der Waals surface area contributed by atoms with E-state index in [1.807, 2.05) is 4.90 Å². The second kappa shape index (κ2) is 9.34. The van der Waals surface area contributed by atoms with E-state index in [4.69, 9.17) is 4.74 Å². The quantitative estimate of drug-likeness (QED) is 0.832. The lowest BCUT2D eigenvalue weighted by molar-refractivity contribution is -0.131. The number of hydrogen-bond acceptors (Lipinski definition) is 4. The van der Waals surface area contributed by atoms with Crippen LogP contribution in [0.4, 0.5) is 14.9 Å². The van der Waals surface area contributed by atoms with Crippen LogP contribution in [0.25, 0.3) is 0 Å². The largest absolute Gasteiger partial charge is 0.379 e. The van der Waals surface area contributed by atoms with Gasteiger partial charge in [0.15, 0.2) is 0 Å². The van der Waals surface area contributed by atoms with Crippen molar-refractivity contribution in [2.45, 2.75) is 26.3 Å². The lowest BCUT2D eigenvalue weighted by Crippen LogP contribution is -2.47. The van der Waals surface area contributed by atoms with E-state index in [0.717, 1.165) is 39.3 Å². The zero-order valence-corrected chi connectivity index (χ0v) is 16.6. The average molecular weight is 392 g/mol. The molecule has 0 saturated carbocycles. The molecule has 154 valence electrons. The van der Waals surface area contributed by atoms with Crippen molar-refractivity contribution < 1.29 is 18.7 Å². The Bertz CT molecular complexity index is 709. The number of carbonyl (C=O) groups is 2. The van der Waals surface area contributed by atoms with Crippen LogP contribution in [0, 0.1) is 12.7 Å². The number of halogens is 1. The molecule has 0 aliphatic carbocycles. The SMILES string of the molecule is CC(=O)N(CCN1CCOCC1)C1CCN(C(=O)Nc2ccc(C)c(F)c2)C1. The molecule has 8 heteroatoms. The predicted octanol–water partition coefficient (Wildman–Crippen LogP) is 1.92. The van der Waals surface area contributed by atoms with Gasteiger partial charge in [0.2, 0.25) is 5.91 Å². The van der Waals surface area contributed by atoms with Crippen molar-refractivity contribution in [3.8, 4) is 0 Å². The van der Waals surface area contributed by atoms with E-state index in [1.54, 1.807) is 30.9 Å². The molecule has 2 saturated heterocycles. The molecule has 1 unspecified atom stereocenters. The number of rotatable bonds is 5. The second-order valence-electron chi connectivity index (χ2n) is 7.45. The topological polar surface area (TPSA) is 65.1 Å². The zero-order chi connectivity index (χ0) is 20.1. The maximum Gasteiger partial charge on any atom is 0.321 e. The number of ether oxygens (including phenoxy) is 1. The summed E-state index contributed by atoms with van der Waals surface area (Å²) in [5, 5.41) is 2.75. The number of benzene rings is 1. The van der Waals surface area contributed by atoms with Gasteiger partial charge in [0.05, 0.1) is 19.3 Å². The highest BCUT2D eigenvalue weighted by Gasteiger charge is 2.32. The Labute approximate surface area is 165 Å². The van der Waals surface area contributed by atoms with Crippen LogP contribution in [-0.4, -0.2) is 85.2 Å². The number of nitrogens with one attached hydrogen (secondary N) is 1. The summed E-state index contributed by atoms with van der Waals surface area (Å²) in [7, 11) is 0. The van der Waals surface area contributed by atoms with Gasteiger partial charge in [0, 0.05) is 51.9 Å². The lowest BCUT2D eigenvalue weighted by Gasteiger charge is -2.32. The monoisotopic (exact) mass is 392 g/mol. The minimum Gasteiger partial charge on any atom is -0.379 e. The fraction of sp³-hybridized carbons (Fsp3) is 0.600. The highest BCUT2D eigenvalue weighted by atomic mass is 19.1. The minimum absolute atomic E-state index is 0.0130. The Hall–Kier alpha value is -2.19. The first kappa shape index (κ1) is 20.5. The third kappa shape index (κ3) is 5.20. The number of nitrogens with zero attached hydrogens (tertiary/aromatic N) is 3. The molecule has 0 spiro atoms. The molecule has 1 aromatic rings. The van der Waals surface area contributed by atoms with Gasteiger partial charge in [0.25, 0.3) is 0 Å². The number of hydrogen-bond donors (Lipinski definition) is 1. The second-order valence-corrected chi connectivity index (χ2v) is 7.45. The van der Waals surface area contributed by atoms with Gasteiger partial charge in [-0.1, -0.05) is 6.07 Å². The molecule has 0 bridgehead atoms. The number of likely N-dealkylation sites (tertiary alicyclic amines) is 1. The van der Waals surface area contributed by atoms with E-state index in [9.17, 15) is 14.0 Å². The molecular formula is C20H29FN4O3. The molecule has 2 fully saturated rings. The summed E-state index contributed by atoms with van der Waals surface area (Å²) in [5.74, 6) is -0.316. The molecule has 28 heavy (non-hydrogen) atoms. The molecule has 2 aliphatic rings. The first-order chi connectivity index (χ1) is 13.4. The molecular weight excluding hydrogens is 363 g/mol. The van der Waals surface area contributed by atoms with Gasteiger partial charge >= 0.3 is 6.03 Å². The first-order valence-electron chi connectivity index (χ1n) is 9.83. The van der Waals surface area contributed by atoms with E-state index in [1.165, 1.54) is 6.07 Å². The highest BCUT2D eigenvalue weighted by Crippen LogP contribution is 2.19. The Morgan fingerprint density at radius 1 is 1.29 bits per heavy atom. The van der Waals surface area contributed by atoms with Crippen LogP contribution in [-0.2, 0) is 9.53 Å². The summed E-state index contributed by atoms with van der Waals surface area (Å²) in [6, 6.07) is 4.40. The van der Waals surface area contributed by atoms with Crippen LogP contribution in [0.3, 0.4) is 0 Å². The van der Waals surface area contributed by atoms with Gasteiger partial charge in [-0.15, -0.1) is 0 Å². The summed E-state index contributed by atoms with van der Waals surface area (Å²) >= 11 is 0. The van der Waals surface area contributed by atoms with Crippen molar-refractivity contribution in [1.82, 2.24) is 14.7 Å². The molecule has 1 aromatic carbocycles. The summed E-state index contributed by atoms with van der Waals surface area (Å²) in [6.07, 6.45) is 0.748. The fourth-order valence-corrected chi connectivity index (χ4v) is 3.72. The van der Waals surface area contributed by atoms with Gasteiger partial charge in [-0.25, -0.2) is 9.18 Å². The molecule has 3 amide bonds. The number of aryl methyl sites for hydroxylation is 1. The Balaban J connectivity index is 1.53. The van der Waals surface area contributed by atoms with Crippen molar-refractivity contribution in [3.63, 3.8) is 0 Å². The van der Waals surface area contributed by atoms with Crippen LogP contribution in [0.15, 0.2) is 18.2 Å². The fourth-order valence-electron chi connectivity index (χ4n) is 3.72. The van der Waals surface area contributed by atoms with Crippen molar-refractivity contribution in [3.05, 3.63) is 29.6 Å². The summed E-state index contributed by atoms with van der Waals surface area (Å²) in [5.41, 5.74) is 0.976. The highest BCUT2D eigenvalue weighted by molar-refractivity contribution is 5.89. The maximum atomic E-state index is 13.7. The molecule has 1 N–H and O–H groups in total. The minimum atomic E-state index is -0.344. The number of morpholine rings is 1. The number of carbonyl (C=O) groups excluding carboxylic acids is 2. The van der Waals surface area contributed by atoms with E-state index in [2.05, 4.69) is 10.2 Å². The predicted molar refractivity (Wildman–Crippen MR) is 105 cm³/mol. The summed E-state index contributed by atoms with van der Waals surface area (Å²) < 4.78 is 19.0. The van der Waals surface area contributed by atoms with E-state index in [-0.39, 0.29) is 23.8 Å².